The lowest BCUT2D eigenvalue weighted by Crippen LogP contribution is -1.82. The number of nitrogens with two attached hydrogens (primary N) is 1. The summed E-state index contributed by atoms with van der Waals surface area (Å²) in [7, 11) is 0. The Morgan fingerprint density at radius 1 is 1.42 bits per heavy atom. The van der Waals surface area contributed by atoms with Crippen LogP contribution in [-0.2, 0) is 0 Å². The van der Waals surface area contributed by atoms with Crippen molar-refractivity contribution in [1.29, 1.82) is 0 Å². The van der Waals surface area contributed by atoms with Crippen molar-refractivity contribution in [3.05, 3.63) is 23.2 Å². The smallest absolute Gasteiger partial charge is 0.120 e. The number of aromatic nitrogens is 1. The second-order valence-electron chi connectivity index (χ2n) is 2.58. The van der Waals surface area contributed by atoms with E-state index in [0.717, 1.165) is 10.9 Å². The molecule has 12 heavy (non-hydrogen) atoms. The van der Waals surface area contributed by atoms with Gasteiger partial charge in [-0.3, -0.25) is 0 Å². The van der Waals surface area contributed by atoms with Crippen molar-refractivity contribution in [2.24, 2.45) is 0 Å². The molecule has 0 aliphatic rings. The fraction of sp³-hybridized carbons (Fsp3) is 0. The fourth-order valence-electron chi connectivity index (χ4n) is 1.17. The molecule has 0 spiro atoms. The Bertz CT molecular complexity index is 436. The highest BCUT2D eigenvalue weighted by Gasteiger charge is 2.06. The van der Waals surface area contributed by atoms with Crippen LogP contribution < -0.4 is 5.73 Å². The summed E-state index contributed by atoms with van der Waals surface area (Å²) >= 11 is 5.85. The zero-order valence-electron chi connectivity index (χ0n) is 6.13. The van der Waals surface area contributed by atoms with Crippen molar-refractivity contribution >= 4 is 28.3 Å². The molecule has 0 saturated heterocycles. The molecule has 0 bridgehead atoms. The van der Waals surface area contributed by atoms with E-state index < -0.39 is 0 Å². The number of benzene rings is 1. The minimum atomic E-state index is 0.184. The second kappa shape index (κ2) is 2.32. The molecule has 1 aromatic heterocycles. The quantitative estimate of drug-likeness (QED) is 0.584. The number of aromatic amines is 1. The van der Waals surface area contributed by atoms with Crippen LogP contribution in [0, 0.1) is 0 Å². The van der Waals surface area contributed by atoms with Gasteiger partial charge in [0.2, 0.25) is 0 Å². The van der Waals surface area contributed by atoms with Crippen molar-refractivity contribution < 1.29 is 5.11 Å². The number of fused-ring (bicyclic) bond motifs is 1. The van der Waals surface area contributed by atoms with Crippen molar-refractivity contribution in [3.63, 3.8) is 0 Å². The van der Waals surface area contributed by atoms with Crippen molar-refractivity contribution in [3.8, 4) is 5.75 Å². The van der Waals surface area contributed by atoms with E-state index in [0.29, 0.717) is 10.8 Å². The topological polar surface area (TPSA) is 62.0 Å². The highest BCUT2D eigenvalue weighted by molar-refractivity contribution is 6.38. The minimum absolute atomic E-state index is 0.184. The number of hydrogen-bond acceptors (Lipinski definition) is 2. The van der Waals surface area contributed by atoms with Gasteiger partial charge in [-0.05, 0) is 18.2 Å². The largest absolute Gasteiger partial charge is 0.508 e. The maximum absolute atomic E-state index is 9.15. The molecule has 0 atom stereocenters. The van der Waals surface area contributed by atoms with Gasteiger partial charge in [-0.2, -0.15) is 0 Å². The normalized spacial score (nSPS) is 10.8. The van der Waals surface area contributed by atoms with E-state index in [1.165, 1.54) is 0 Å². The molecule has 0 saturated carbocycles. The number of nitrogen functional groups attached to an aromatic ring is 1. The van der Waals surface area contributed by atoms with Gasteiger partial charge >= 0.3 is 0 Å². The van der Waals surface area contributed by atoms with Crippen molar-refractivity contribution in [1.82, 2.24) is 4.98 Å². The predicted molar refractivity (Wildman–Crippen MR) is 49.4 cm³/mol. The number of aromatic hydroxyl groups is 1. The first-order chi connectivity index (χ1) is 5.68. The highest BCUT2D eigenvalue weighted by atomic mass is 35.5. The molecule has 0 fully saturated rings. The maximum atomic E-state index is 9.15. The molecular formula is C8H7ClN2O. The third-order valence-corrected chi connectivity index (χ3v) is 2.15. The second-order valence-corrected chi connectivity index (χ2v) is 2.96. The predicted octanol–water partition coefficient (Wildman–Crippen LogP) is 2.11. The molecule has 0 radical (unpaired) electrons. The molecule has 0 amide bonds. The van der Waals surface area contributed by atoms with Gasteiger partial charge < -0.3 is 15.8 Å². The zero-order valence-corrected chi connectivity index (χ0v) is 6.89. The number of H-pyrrole nitrogens is 1. The summed E-state index contributed by atoms with van der Waals surface area (Å²) < 4.78 is 0. The van der Waals surface area contributed by atoms with Gasteiger partial charge in [-0.1, -0.05) is 11.6 Å². The molecular weight excluding hydrogens is 176 g/mol. The first-order valence-corrected chi connectivity index (χ1v) is 3.82. The number of nitrogens with one attached hydrogen (secondary N) is 1. The summed E-state index contributed by atoms with van der Waals surface area (Å²) in [5, 5.41) is 10.4. The maximum Gasteiger partial charge on any atom is 0.120 e. The van der Waals surface area contributed by atoms with E-state index in [9.17, 15) is 0 Å². The third kappa shape index (κ3) is 0.905. The number of hydrogen-bond donors (Lipinski definition) is 3. The monoisotopic (exact) mass is 182 g/mol. The Labute approximate surface area is 73.8 Å². The third-order valence-electron chi connectivity index (χ3n) is 1.75. The Balaban J connectivity index is 2.88. The highest BCUT2D eigenvalue weighted by Crippen LogP contribution is 2.31. The van der Waals surface area contributed by atoms with Crippen LogP contribution >= 0.6 is 11.6 Å². The van der Waals surface area contributed by atoms with Crippen LogP contribution in [0.5, 0.6) is 5.75 Å². The number of halogens is 1. The summed E-state index contributed by atoms with van der Waals surface area (Å²) in [6.45, 7) is 0. The summed E-state index contributed by atoms with van der Waals surface area (Å²) in [5.41, 5.74) is 6.36. The summed E-state index contributed by atoms with van der Waals surface area (Å²) in [6, 6.07) is 4.88. The van der Waals surface area contributed by atoms with E-state index >= 15 is 0 Å². The van der Waals surface area contributed by atoms with Gasteiger partial charge in [0, 0.05) is 10.9 Å². The number of phenols is 1. The number of rotatable bonds is 0. The van der Waals surface area contributed by atoms with E-state index in [-0.39, 0.29) is 5.75 Å². The van der Waals surface area contributed by atoms with Crippen LogP contribution in [-0.4, -0.2) is 10.1 Å². The lowest BCUT2D eigenvalue weighted by atomic mass is 10.2. The average molecular weight is 183 g/mol. The molecule has 1 aromatic carbocycles. The van der Waals surface area contributed by atoms with Gasteiger partial charge in [0.25, 0.3) is 0 Å². The van der Waals surface area contributed by atoms with E-state index in [1.54, 1.807) is 18.2 Å². The lowest BCUT2D eigenvalue weighted by molar-refractivity contribution is 0.476. The molecule has 62 valence electrons. The first kappa shape index (κ1) is 7.31. The number of phenolic OH excluding ortho intramolecular Hbond substituents is 1. The minimum Gasteiger partial charge on any atom is -0.508 e. The molecule has 4 N–H and O–H groups in total. The molecule has 1 heterocycles. The van der Waals surface area contributed by atoms with Crippen LogP contribution in [0.1, 0.15) is 0 Å². The Hall–Kier alpha value is -1.35. The van der Waals surface area contributed by atoms with Crippen LogP contribution in [0.2, 0.25) is 5.02 Å². The van der Waals surface area contributed by atoms with E-state index in [2.05, 4.69) is 4.98 Å². The molecule has 2 aromatic rings. The van der Waals surface area contributed by atoms with E-state index in [1.807, 2.05) is 0 Å². The van der Waals surface area contributed by atoms with Crippen molar-refractivity contribution in [2.45, 2.75) is 0 Å². The molecule has 0 unspecified atom stereocenters. The van der Waals surface area contributed by atoms with Gasteiger partial charge in [-0.15, -0.1) is 0 Å². The van der Waals surface area contributed by atoms with E-state index in [4.69, 9.17) is 22.4 Å². The SMILES string of the molecule is Nc1[nH]c2ccc(O)cc2c1Cl. The Morgan fingerprint density at radius 3 is 2.92 bits per heavy atom. The van der Waals surface area contributed by atoms with Crippen LogP contribution in [0.25, 0.3) is 10.9 Å². The number of anilines is 1. The van der Waals surface area contributed by atoms with Crippen LogP contribution in [0.3, 0.4) is 0 Å². The van der Waals surface area contributed by atoms with Crippen LogP contribution in [0.15, 0.2) is 18.2 Å². The van der Waals surface area contributed by atoms with Gasteiger partial charge in [0.15, 0.2) is 0 Å². The Morgan fingerprint density at radius 2 is 2.17 bits per heavy atom. The molecule has 0 aliphatic carbocycles. The molecule has 0 aliphatic heterocycles. The summed E-state index contributed by atoms with van der Waals surface area (Å²) in [6.07, 6.45) is 0. The standard InChI is InChI=1S/C8H7ClN2O/c9-7-5-3-4(12)1-2-6(5)11-8(7)10/h1-3,11-12H,10H2. The average Bonchev–Trinajstić information content (AvgIpc) is 2.31. The van der Waals surface area contributed by atoms with Gasteiger partial charge in [-0.25, -0.2) is 0 Å². The lowest BCUT2D eigenvalue weighted by Gasteiger charge is -1.91. The van der Waals surface area contributed by atoms with Gasteiger partial charge in [0.05, 0.1) is 5.02 Å². The Kier molecular flexibility index (Phi) is 1.41. The van der Waals surface area contributed by atoms with Crippen molar-refractivity contribution in [2.75, 3.05) is 5.73 Å². The van der Waals surface area contributed by atoms with Crippen LogP contribution in [0.4, 0.5) is 5.82 Å². The van der Waals surface area contributed by atoms with Gasteiger partial charge in [0.1, 0.15) is 11.6 Å². The molecule has 2 rings (SSSR count). The fourth-order valence-corrected chi connectivity index (χ4v) is 1.37. The first-order valence-electron chi connectivity index (χ1n) is 3.44. The zero-order chi connectivity index (χ0) is 8.72. The molecule has 4 heteroatoms. The summed E-state index contributed by atoms with van der Waals surface area (Å²) in [5.74, 6) is 0.612. The summed E-state index contributed by atoms with van der Waals surface area (Å²) in [4.78, 5) is 2.89. The molecule has 3 nitrogen and oxygen atoms in total.